The first-order chi connectivity index (χ1) is 6.70. The summed E-state index contributed by atoms with van der Waals surface area (Å²) < 4.78 is 26.5. The van der Waals surface area contributed by atoms with Crippen molar-refractivity contribution in [3.05, 3.63) is 34.4 Å². The van der Waals surface area contributed by atoms with E-state index in [1.165, 1.54) is 0 Å². The first-order valence-corrected chi connectivity index (χ1v) is 4.94. The summed E-state index contributed by atoms with van der Waals surface area (Å²) in [7, 11) is 0. The van der Waals surface area contributed by atoms with Crippen LogP contribution in [0.15, 0.2) is 12.1 Å². The average molecular weight is 218 g/mol. The molecule has 1 nitrogen and oxygen atoms in total. The molecule has 1 unspecified atom stereocenters. The van der Waals surface area contributed by atoms with Crippen LogP contribution in [0.3, 0.4) is 0 Å². The summed E-state index contributed by atoms with van der Waals surface area (Å²) in [5.74, 6) is -0.993. The molecule has 1 aliphatic rings. The summed E-state index contributed by atoms with van der Waals surface area (Å²) in [5.41, 5.74) is 0.268. The Morgan fingerprint density at radius 1 is 1.29 bits per heavy atom. The standard InChI is InChI=1S/C10H10ClF2N/c11-10-7(13)4-3-6(12)9(10)8-2-1-5-14-8/h3-4,8,14H,1-2,5H2. The fourth-order valence-electron chi connectivity index (χ4n) is 1.79. The summed E-state index contributed by atoms with van der Waals surface area (Å²) >= 11 is 5.72. The van der Waals surface area contributed by atoms with Crippen molar-refractivity contribution in [1.82, 2.24) is 5.32 Å². The van der Waals surface area contributed by atoms with E-state index in [9.17, 15) is 8.78 Å². The Bertz CT molecular complexity index is 348. The number of benzene rings is 1. The Hall–Kier alpha value is -0.670. The Morgan fingerprint density at radius 2 is 2.00 bits per heavy atom. The normalized spacial score (nSPS) is 21.5. The van der Waals surface area contributed by atoms with Gasteiger partial charge in [0.2, 0.25) is 0 Å². The minimum atomic E-state index is -0.559. The van der Waals surface area contributed by atoms with Crippen molar-refractivity contribution in [2.24, 2.45) is 0 Å². The quantitative estimate of drug-likeness (QED) is 0.713. The molecule has 76 valence electrons. The third-order valence-corrected chi connectivity index (χ3v) is 2.87. The zero-order chi connectivity index (χ0) is 10.1. The molecule has 1 atom stereocenters. The maximum Gasteiger partial charge on any atom is 0.142 e. The number of halogens is 3. The van der Waals surface area contributed by atoms with Crippen molar-refractivity contribution in [2.45, 2.75) is 18.9 Å². The molecule has 0 saturated carbocycles. The van der Waals surface area contributed by atoms with Crippen molar-refractivity contribution >= 4 is 11.6 Å². The molecule has 1 aliphatic heterocycles. The Balaban J connectivity index is 2.44. The van der Waals surface area contributed by atoms with E-state index in [1.807, 2.05) is 0 Å². The van der Waals surface area contributed by atoms with Crippen molar-refractivity contribution in [1.29, 1.82) is 0 Å². The van der Waals surface area contributed by atoms with E-state index in [0.29, 0.717) is 0 Å². The third-order valence-electron chi connectivity index (χ3n) is 2.49. The van der Waals surface area contributed by atoms with E-state index in [-0.39, 0.29) is 16.6 Å². The predicted octanol–water partition coefficient (Wildman–Crippen LogP) is 3.04. The molecule has 0 aliphatic carbocycles. The molecule has 2 rings (SSSR count). The van der Waals surface area contributed by atoms with Crippen LogP contribution in [0.2, 0.25) is 5.02 Å². The van der Waals surface area contributed by atoms with Crippen LogP contribution in [-0.2, 0) is 0 Å². The molecule has 0 amide bonds. The zero-order valence-corrected chi connectivity index (χ0v) is 8.24. The van der Waals surface area contributed by atoms with Gasteiger partial charge in [-0.3, -0.25) is 0 Å². The SMILES string of the molecule is Fc1ccc(F)c(C2CCCN2)c1Cl. The van der Waals surface area contributed by atoms with Crippen LogP contribution in [0.1, 0.15) is 24.4 Å². The summed E-state index contributed by atoms with van der Waals surface area (Å²) in [4.78, 5) is 0. The molecular formula is C10H10ClF2N. The van der Waals surface area contributed by atoms with Crippen molar-refractivity contribution in [3.8, 4) is 0 Å². The summed E-state index contributed by atoms with van der Waals surface area (Å²) in [6.45, 7) is 0.830. The highest BCUT2D eigenvalue weighted by atomic mass is 35.5. The lowest BCUT2D eigenvalue weighted by atomic mass is 10.0. The zero-order valence-electron chi connectivity index (χ0n) is 7.49. The Kier molecular flexibility index (Phi) is 2.70. The first kappa shape index (κ1) is 9.87. The van der Waals surface area contributed by atoms with Gasteiger partial charge < -0.3 is 5.32 Å². The van der Waals surface area contributed by atoms with E-state index in [2.05, 4.69) is 5.32 Å². The van der Waals surface area contributed by atoms with E-state index >= 15 is 0 Å². The number of nitrogens with one attached hydrogen (secondary N) is 1. The van der Waals surface area contributed by atoms with Gasteiger partial charge in [-0.1, -0.05) is 11.6 Å². The predicted molar refractivity (Wildman–Crippen MR) is 51.3 cm³/mol. The van der Waals surface area contributed by atoms with Crippen LogP contribution in [-0.4, -0.2) is 6.54 Å². The Labute approximate surface area is 86.1 Å². The highest BCUT2D eigenvalue weighted by Crippen LogP contribution is 2.32. The molecule has 1 fully saturated rings. The van der Waals surface area contributed by atoms with Crippen LogP contribution < -0.4 is 5.32 Å². The maximum atomic E-state index is 13.4. The van der Waals surface area contributed by atoms with E-state index in [1.54, 1.807) is 0 Å². The summed E-state index contributed by atoms with van der Waals surface area (Å²) in [6, 6.07) is 2.03. The molecule has 0 radical (unpaired) electrons. The molecule has 14 heavy (non-hydrogen) atoms. The van der Waals surface area contributed by atoms with E-state index in [0.717, 1.165) is 31.5 Å². The van der Waals surface area contributed by atoms with Crippen molar-refractivity contribution in [3.63, 3.8) is 0 Å². The van der Waals surface area contributed by atoms with Crippen LogP contribution in [0, 0.1) is 11.6 Å². The van der Waals surface area contributed by atoms with Crippen molar-refractivity contribution < 1.29 is 8.78 Å². The van der Waals surface area contributed by atoms with Gasteiger partial charge in [-0.05, 0) is 31.5 Å². The van der Waals surface area contributed by atoms with E-state index in [4.69, 9.17) is 11.6 Å². The van der Waals surface area contributed by atoms with Crippen LogP contribution in [0.4, 0.5) is 8.78 Å². The van der Waals surface area contributed by atoms with Gasteiger partial charge in [0.25, 0.3) is 0 Å². The van der Waals surface area contributed by atoms with Gasteiger partial charge in [-0.25, -0.2) is 8.78 Å². The van der Waals surface area contributed by atoms with Crippen molar-refractivity contribution in [2.75, 3.05) is 6.54 Å². The monoisotopic (exact) mass is 217 g/mol. The molecule has 1 heterocycles. The molecule has 1 N–H and O–H groups in total. The van der Waals surface area contributed by atoms with Gasteiger partial charge in [0, 0.05) is 11.6 Å². The van der Waals surface area contributed by atoms with Gasteiger partial charge in [-0.2, -0.15) is 0 Å². The van der Waals surface area contributed by atoms with Crippen LogP contribution in [0.25, 0.3) is 0 Å². The Morgan fingerprint density at radius 3 is 2.64 bits per heavy atom. The van der Waals surface area contributed by atoms with Gasteiger partial charge in [0.1, 0.15) is 11.6 Å². The smallest absolute Gasteiger partial charge is 0.142 e. The van der Waals surface area contributed by atoms with Crippen LogP contribution >= 0.6 is 11.6 Å². The second-order valence-corrected chi connectivity index (χ2v) is 3.78. The first-order valence-electron chi connectivity index (χ1n) is 4.57. The van der Waals surface area contributed by atoms with Gasteiger partial charge in [-0.15, -0.1) is 0 Å². The second-order valence-electron chi connectivity index (χ2n) is 3.41. The lowest BCUT2D eigenvalue weighted by Gasteiger charge is -2.13. The highest BCUT2D eigenvalue weighted by Gasteiger charge is 2.23. The number of hydrogen-bond acceptors (Lipinski definition) is 1. The molecule has 0 bridgehead atoms. The maximum absolute atomic E-state index is 13.4. The minimum Gasteiger partial charge on any atom is -0.310 e. The number of rotatable bonds is 1. The molecular weight excluding hydrogens is 208 g/mol. The van der Waals surface area contributed by atoms with Gasteiger partial charge in [0.15, 0.2) is 0 Å². The largest absolute Gasteiger partial charge is 0.310 e. The minimum absolute atomic E-state index is 0.0931. The topological polar surface area (TPSA) is 12.0 Å². The molecule has 1 saturated heterocycles. The lowest BCUT2D eigenvalue weighted by Crippen LogP contribution is -2.15. The van der Waals surface area contributed by atoms with E-state index < -0.39 is 11.6 Å². The second kappa shape index (κ2) is 3.83. The fourth-order valence-corrected chi connectivity index (χ4v) is 2.08. The van der Waals surface area contributed by atoms with Gasteiger partial charge in [0.05, 0.1) is 5.02 Å². The summed E-state index contributed by atoms with van der Waals surface area (Å²) in [5, 5.41) is 3.00. The fraction of sp³-hybridized carbons (Fsp3) is 0.400. The molecule has 0 spiro atoms. The highest BCUT2D eigenvalue weighted by molar-refractivity contribution is 6.31. The third kappa shape index (κ3) is 1.62. The van der Waals surface area contributed by atoms with Gasteiger partial charge >= 0.3 is 0 Å². The number of hydrogen-bond donors (Lipinski definition) is 1. The molecule has 1 aromatic rings. The average Bonchev–Trinajstić information content (AvgIpc) is 2.65. The summed E-state index contributed by atoms with van der Waals surface area (Å²) in [6.07, 6.45) is 1.77. The molecule has 0 aromatic heterocycles. The van der Waals surface area contributed by atoms with Crippen LogP contribution in [0.5, 0.6) is 0 Å². The molecule has 4 heteroatoms. The lowest BCUT2D eigenvalue weighted by molar-refractivity contribution is 0.544. The molecule has 1 aromatic carbocycles.